The monoisotopic (exact) mass is 238 g/mol. The van der Waals surface area contributed by atoms with Crippen LogP contribution in [0, 0.1) is 0 Å². The minimum atomic E-state index is -0.531. The zero-order chi connectivity index (χ0) is 12.9. The highest BCUT2D eigenvalue weighted by Crippen LogP contribution is 2.18. The van der Waals surface area contributed by atoms with Crippen LogP contribution in [0.1, 0.15) is 13.8 Å². The Labute approximate surface area is 101 Å². The van der Waals surface area contributed by atoms with Crippen LogP contribution in [0.15, 0.2) is 24.3 Å². The van der Waals surface area contributed by atoms with Gasteiger partial charge in [0.2, 0.25) is 0 Å². The van der Waals surface area contributed by atoms with Crippen LogP contribution < -0.4 is 20.5 Å². The Morgan fingerprint density at radius 2 is 2.06 bits per heavy atom. The van der Waals surface area contributed by atoms with Gasteiger partial charge >= 0.3 is 6.09 Å². The molecule has 0 aliphatic rings. The highest BCUT2D eigenvalue weighted by atomic mass is 16.6. The van der Waals surface area contributed by atoms with E-state index in [1.807, 2.05) is 13.8 Å². The van der Waals surface area contributed by atoms with Gasteiger partial charge in [0.15, 0.2) is 0 Å². The second kappa shape index (κ2) is 5.54. The summed E-state index contributed by atoms with van der Waals surface area (Å²) in [6.07, 6.45) is -0.531. The SMILES string of the molecule is COc1cccc(OC(=O)NCC(C)(C)N)c1. The fourth-order valence-corrected chi connectivity index (χ4v) is 1.11. The van der Waals surface area contributed by atoms with Crippen LogP contribution in [0.2, 0.25) is 0 Å². The largest absolute Gasteiger partial charge is 0.497 e. The lowest BCUT2D eigenvalue weighted by Gasteiger charge is -2.18. The van der Waals surface area contributed by atoms with Gasteiger partial charge in [-0.2, -0.15) is 0 Å². The normalized spacial score (nSPS) is 10.8. The van der Waals surface area contributed by atoms with E-state index in [0.717, 1.165) is 0 Å². The fraction of sp³-hybridized carbons (Fsp3) is 0.417. The molecule has 0 atom stereocenters. The van der Waals surface area contributed by atoms with Crippen LogP contribution in [0.4, 0.5) is 4.79 Å². The number of nitrogens with two attached hydrogens (primary N) is 1. The predicted octanol–water partition coefficient (Wildman–Crippen LogP) is 1.52. The van der Waals surface area contributed by atoms with Gasteiger partial charge in [-0.25, -0.2) is 4.79 Å². The lowest BCUT2D eigenvalue weighted by atomic mass is 10.1. The Bertz CT molecular complexity index is 386. The lowest BCUT2D eigenvalue weighted by molar-refractivity contribution is 0.198. The van der Waals surface area contributed by atoms with E-state index in [-0.39, 0.29) is 0 Å². The van der Waals surface area contributed by atoms with Gasteiger partial charge < -0.3 is 20.5 Å². The molecule has 0 saturated heterocycles. The average Bonchev–Trinajstić information content (AvgIpc) is 2.26. The highest BCUT2D eigenvalue weighted by molar-refractivity contribution is 5.70. The summed E-state index contributed by atoms with van der Waals surface area (Å²) in [5, 5.41) is 2.58. The van der Waals surface area contributed by atoms with Crippen molar-refractivity contribution in [2.75, 3.05) is 13.7 Å². The van der Waals surface area contributed by atoms with Crippen LogP contribution >= 0.6 is 0 Å². The maximum Gasteiger partial charge on any atom is 0.412 e. The molecule has 5 heteroatoms. The number of methoxy groups -OCH3 is 1. The van der Waals surface area contributed by atoms with Gasteiger partial charge in [0.05, 0.1) is 7.11 Å². The summed E-state index contributed by atoms with van der Waals surface area (Å²) in [6, 6.07) is 6.82. The molecule has 1 amide bonds. The number of rotatable bonds is 4. The summed E-state index contributed by atoms with van der Waals surface area (Å²) < 4.78 is 10.1. The van der Waals surface area contributed by atoms with Gasteiger partial charge in [0, 0.05) is 18.2 Å². The first kappa shape index (κ1) is 13.3. The van der Waals surface area contributed by atoms with E-state index in [1.54, 1.807) is 31.4 Å². The Kier molecular flexibility index (Phi) is 4.34. The van der Waals surface area contributed by atoms with Gasteiger partial charge in [-0.15, -0.1) is 0 Å². The van der Waals surface area contributed by atoms with Crippen molar-refractivity contribution in [3.05, 3.63) is 24.3 Å². The molecule has 0 aromatic heterocycles. The molecule has 1 aromatic carbocycles. The second-order valence-electron chi connectivity index (χ2n) is 4.41. The third kappa shape index (κ3) is 5.21. The number of benzene rings is 1. The van der Waals surface area contributed by atoms with Crippen molar-refractivity contribution in [2.24, 2.45) is 5.73 Å². The van der Waals surface area contributed by atoms with Crippen LogP contribution in [-0.2, 0) is 0 Å². The van der Waals surface area contributed by atoms with Gasteiger partial charge in [-0.05, 0) is 26.0 Å². The Morgan fingerprint density at radius 1 is 1.41 bits per heavy atom. The van der Waals surface area contributed by atoms with Gasteiger partial charge in [-0.1, -0.05) is 6.07 Å². The standard InChI is InChI=1S/C12H18N2O3/c1-12(2,13)8-14-11(15)17-10-6-4-5-9(7-10)16-3/h4-7H,8,13H2,1-3H3,(H,14,15). The molecule has 0 saturated carbocycles. The molecular formula is C12H18N2O3. The molecule has 0 heterocycles. The molecule has 0 aliphatic carbocycles. The van der Waals surface area contributed by atoms with E-state index in [9.17, 15) is 4.79 Å². The molecular weight excluding hydrogens is 220 g/mol. The smallest absolute Gasteiger partial charge is 0.412 e. The van der Waals surface area contributed by atoms with E-state index in [4.69, 9.17) is 15.2 Å². The molecule has 0 aliphatic heterocycles. The second-order valence-corrected chi connectivity index (χ2v) is 4.41. The van der Waals surface area contributed by atoms with Gasteiger partial charge in [0.1, 0.15) is 11.5 Å². The summed E-state index contributed by atoms with van der Waals surface area (Å²) in [4.78, 5) is 11.4. The van der Waals surface area contributed by atoms with Gasteiger partial charge in [0.25, 0.3) is 0 Å². The molecule has 1 rings (SSSR count). The molecule has 94 valence electrons. The molecule has 1 aromatic rings. The van der Waals surface area contributed by atoms with Gasteiger partial charge in [-0.3, -0.25) is 0 Å². The topological polar surface area (TPSA) is 73.6 Å². The Hall–Kier alpha value is -1.75. The number of amides is 1. The average molecular weight is 238 g/mol. The predicted molar refractivity (Wildman–Crippen MR) is 65.3 cm³/mol. The third-order valence-corrected chi connectivity index (χ3v) is 1.94. The molecule has 0 radical (unpaired) electrons. The number of carbonyl (C=O) groups is 1. The van der Waals surface area contributed by atoms with Crippen molar-refractivity contribution in [1.82, 2.24) is 5.32 Å². The zero-order valence-corrected chi connectivity index (χ0v) is 10.3. The first-order valence-corrected chi connectivity index (χ1v) is 5.29. The van der Waals surface area contributed by atoms with E-state index in [0.29, 0.717) is 18.0 Å². The fourth-order valence-electron chi connectivity index (χ4n) is 1.11. The summed E-state index contributed by atoms with van der Waals surface area (Å²) >= 11 is 0. The van der Waals surface area contributed by atoms with Crippen molar-refractivity contribution >= 4 is 6.09 Å². The molecule has 3 N–H and O–H groups in total. The number of carbonyl (C=O) groups excluding carboxylic acids is 1. The van der Waals surface area contributed by atoms with Crippen LogP contribution in [0.25, 0.3) is 0 Å². The first-order valence-electron chi connectivity index (χ1n) is 5.29. The summed E-state index contributed by atoms with van der Waals surface area (Å²) in [7, 11) is 1.55. The van der Waals surface area contributed by atoms with E-state index in [1.165, 1.54) is 0 Å². The summed E-state index contributed by atoms with van der Waals surface area (Å²) in [6.45, 7) is 3.98. The summed E-state index contributed by atoms with van der Waals surface area (Å²) in [5.41, 5.74) is 5.27. The quantitative estimate of drug-likeness (QED) is 0.834. The van der Waals surface area contributed by atoms with E-state index in [2.05, 4.69) is 5.32 Å². The number of nitrogens with one attached hydrogen (secondary N) is 1. The zero-order valence-electron chi connectivity index (χ0n) is 10.3. The van der Waals surface area contributed by atoms with Crippen molar-refractivity contribution in [3.8, 4) is 11.5 Å². The molecule has 0 bridgehead atoms. The number of hydrogen-bond donors (Lipinski definition) is 2. The van der Waals surface area contributed by atoms with Crippen molar-refractivity contribution in [2.45, 2.75) is 19.4 Å². The Balaban J connectivity index is 2.50. The molecule has 0 fully saturated rings. The minimum absolute atomic E-state index is 0.343. The van der Waals surface area contributed by atoms with Crippen LogP contribution in [0.3, 0.4) is 0 Å². The molecule has 0 unspecified atom stereocenters. The third-order valence-electron chi connectivity index (χ3n) is 1.94. The minimum Gasteiger partial charge on any atom is -0.497 e. The maximum atomic E-state index is 11.4. The first-order chi connectivity index (χ1) is 7.90. The van der Waals surface area contributed by atoms with Crippen molar-refractivity contribution < 1.29 is 14.3 Å². The van der Waals surface area contributed by atoms with Crippen molar-refractivity contribution in [3.63, 3.8) is 0 Å². The van der Waals surface area contributed by atoms with Crippen molar-refractivity contribution in [1.29, 1.82) is 0 Å². The number of hydrogen-bond acceptors (Lipinski definition) is 4. The highest BCUT2D eigenvalue weighted by Gasteiger charge is 2.13. The lowest BCUT2D eigenvalue weighted by Crippen LogP contribution is -2.45. The van der Waals surface area contributed by atoms with E-state index < -0.39 is 11.6 Å². The molecule has 0 spiro atoms. The van der Waals surface area contributed by atoms with Crippen LogP contribution in [0.5, 0.6) is 11.5 Å². The molecule has 17 heavy (non-hydrogen) atoms. The maximum absolute atomic E-state index is 11.4. The van der Waals surface area contributed by atoms with Crippen LogP contribution in [-0.4, -0.2) is 25.3 Å². The summed E-state index contributed by atoms with van der Waals surface area (Å²) in [5.74, 6) is 1.06. The Morgan fingerprint density at radius 3 is 2.65 bits per heavy atom. The molecule has 5 nitrogen and oxygen atoms in total. The van der Waals surface area contributed by atoms with E-state index >= 15 is 0 Å². The number of ether oxygens (including phenoxy) is 2.